The fraction of sp³-hybridized carbons (Fsp3) is 0.231. The highest BCUT2D eigenvalue weighted by molar-refractivity contribution is 9.10. The monoisotopic (exact) mass is 446 g/mol. The van der Waals surface area contributed by atoms with Crippen molar-refractivity contribution in [2.24, 2.45) is 0 Å². The van der Waals surface area contributed by atoms with Crippen molar-refractivity contribution in [3.63, 3.8) is 0 Å². The maximum atomic E-state index is 13.1. The summed E-state index contributed by atoms with van der Waals surface area (Å²) in [6.07, 6.45) is -4.40. The Hall–Kier alpha value is -0.0400. The quantitative estimate of drug-likeness (QED) is 0.435. The zero-order chi connectivity index (χ0) is 15.1. The van der Waals surface area contributed by atoms with Crippen molar-refractivity contribution in [3.05, 3.63) is 54.6 Å². The number of halogens is 6. The molecule has 7 heteroatoms. The fourth-order valence-corrected chi connectivity index (χ4v) is 4.14. The van der Waals surface area contributed by atoms with Crippen LogP contribution in [-0.2, 0) is 6.18 Å². The summed E-state index contributed by atoms with van der Waals surface area (Å²) in [5, 5.41) is 0. The van der Waals surface area contributed by atoms with Crippen LogP contribution in [0.2, 0.25) is 4.34 Å². The van der Waals surface area contributed by atoms with E-state index in [4.69, 9.17) is 11.6 Å². The fourth-order valence-electron chi connectivity index (χ4n) is 1.76. The Morgan fingerprint density at radius 3 is 2.40 bits per heavy atom. The van der Waals surface area contributed by atoms with E-state index < -0.39 is 16.6 Å². The number of hydrogen-bond donors (Lipinski definition) is 0. The van der Waals surface area contributed by atoms with E-state index in [0.717, 1.165) is 16.5 Å². The molecule has 0 aliphatic carbocycles. The molecule has 2 aromatic rings. The lowest BCUT2D eigenvalue weighted by atomic mass is 10.0. The van der Waals surface area contributed by atoms with Gasteiger partial charge in [-0.1, -0.05) is 49.5 Å². The van der Waals surface area contributed by atoms with Gasteiger partial charge in [0, 0.05) is 9.35 Å². The highest BCUT2D eigenvalue weighted by Crippen LogP contribution is 2.44. The molecule has 1 aromatic heterocycles. The molecule has 0 amide bonds. The molecule has 0 spiro atoms. The molecule has 1 aromatic carbocycles. The van der Waals surface area contributed by atoms with Crippen LogP contribution >= 0.6 is 54.8 Å². The first kappa shape index (κ1) is 16.3. The third-order valence-corrected chi connectivity index (χ3v) is 6.12. The average Bonchev–Trinajstić information content (AvgIpc) is 2.67. The van der Waals surface area contributed by atoms with E-state index in [1.165, 1.54) is 17.4 Å². The third kappa shape index (κ3) is 3.40. The smallest absolute Gasteiger partial charge is 0.166 e. The van der Waals surface area contributed by atoms with Gasteiger partial charge in [-0.3, -0.25) is 0 Å². The third-order valence-electron chi connectivity index (χ3n) is 2.72. The molecule has 1 atom stereocenters. The van der Waals surface area contributed by atoms with E-state index in [9.17, 15) is 13.2 Å². The number of benzene rings is 1. The van der Waals surface area contributed by atoms with Crippen molar-refractivity contribution in [2.45, 2.75) is 17.9 Å². The molecule has 0 bridgehead atoms. The van der Waals surface area contributed by atoms with Gasteiger partial charge < -0.3 is 0 Å². The van der Waals surface area contributed by atoms with Gasteiger partial charge in [-0.05, 0) is 36.2 Å². The zero-order valence-electron chi connectivity index (χ0n) is 10.1. The van der Waals surface area contributed by atoms with Crippen LogP contribution < -0.4 is 0 Å². The number of aryl methyl sites for hydroxylation is 1. The van der Waals surface area contributed by atoms with Gasteiger partial charge >= 0.3 is 6.18 Å². The standard InChI is InChI=1S/C13H8Br2ClF3S/c1-6-4-10(20-12(6)16)11(15)8-3-2-7(14)5-9(8)13(17,18)19/h2-5,11H,1H3. The molecule has 1 unspecified atom stereocenters. The van der Waals surface area contributed by atoms with Crippen LogP contribution in [0.4, 0.5) is 13.2 Å². The molecule has 0 radical (unpaired) electrons. The van der Waals surface area contributed by atoms with Gasteiger partial charge in [0.2, 0.25) is 0 Å². The Kier molecular flexibility index (Phi) is 4.89. The van der Waals surface area contributed by atoms with E-state index >= 15 is 0 Å². The van der Waals surface area contributed by atoms with Crippen LogP contribution in [-0.4, -0.2) is 0 Å². The molecule has 0 nitrogen and oxygen atoms in total. The van der Waals surface area contributed by atoms with Crippen LogP contribution in [0.1, 0.15) is 26.4 Å². The first-order valence-electron chi connectivity index (χ1n) is 5.46. The first-order valence-corrected chi connectivity index (χ1v) is 8.37. The van der Waals surface area contributed by atoms with Gasteiger partial charge in [-0.25, -0.2) is 0 Å². The minimum Gasteiger partial charge on any atom is -0.166 e. The topological polar surface area (TPSA) is 0 Å². The van der Waals surface area contributed by atoms with Gasteiger partial charge in [0.1, 0.15) is 0 Å². The van der Waals surface area contributed by atoms with E-state index in [0.29, 0.717) is 8.81 Å². The minimum absolute atomic E-state index is 0.179. The molecule has 0 fully saturated rings. The Morgan fingerprint density at radius 2 is 1.90 bits per heavy atom. The second-order valence-corrected chi connectivity index (χ2v) is 7.71. The predicted molar refractivity (Wildman–Crippen MR) is 84.0 cm³/mol. The van der Waals surface area contributed by atoms with Crippen LogP contribution in [0.15, 0.2) is 28.7 Å². The van der Waals surface area contributed by atoms with Crippen LogP contribution in [0, 0.1) is 6.92 Å². The summed E-state index contributed by atoms with van der Waals surface area (Å²) in [5.74, 6) is 0. The van der Waals surface area contributed by atoms with Crippen molar-refractivity contribution in [1.82, 2.24) is 0 Å². The summed E-state index contributed by atoms with van der Waals surface area (Å²) >= 11 is 13.7. The van der Waals surface area contributed by atoms with E-state index in [-0.39, 0.29) is 5.56 Å². The number of thiophene rings is 1. The second-order valence-electron chi connectivity index (χ2n) is 4.20. The van der Waals surface area contributed by atoms with Crippen molar-refractivity contribution in [2.75, 3.05) is 0 Å². The van der Waals surface area contributed by atoms with E-state index in [1.807, 2.05) is 6.92 Å². The Bertz CT molecular complexity index is 618. The molecule has 0 aliphatic heterocycles. The minimum atomic E-state index is -4.40. The van der Waals surface area contributed by atoms with Crippen LogP contribution in [0.25, 0.3) is 0 Å². The Labute approximate surface area is 140 Å². The predicted octanol–water partition coefficient (Wildman–Crippen LogP) is 6.98. The lowest BCUT2D eigenvalue weighted by Gasteiger charge is -2.16. The van der Waals surface area contributed by atoms with Gasteiger partial charge in [-0.2, -0.15) is 13.2 Å². The highest BCUT2D eigenvalue weighted by atomic mass is 79.9. The number of hydrogen-bond acceptors (Lipinski definition) is 1. The molecular formula is C13H8Br2ClF3S. The molecule has 0 saturated carbocycles. The van der Waals surface area contributed by atoms with Gasteiger partial charge in [0.25, 0.3) is 0 Å². The summed E-state index contributed by atoms with van der Waals surface area (Å²) in [7, 11) is 0. The Balaban J connectivity index is 2.52. The summed E-state index contributed by atoms with van der Waals surface area (Å²) in [4.78, 5) is 0.212. The molecule has 0 N–H and O–H groups in total. The largest absolute Gasteiger partial charge is 0.416 e. The molecule has 0 saturated heterocycles. The normalized spacial score (nSPS) is 13.6. The van der Waals surface area contributed by atoms with E-state index in [1.54, 1.807) is 12.1 Å². The van der Waals surface area contributed by atoms with Crippen molar-refractivity contribution < 1.29 is 13.2 Å². The molecule has 108 valence electrons. The van der Waals surface area contributed by atoms with Gasteiger partial charge in [-0.15, -0.1) is 11.3 Å². The maximum Gasteiger partial charge on any atom is 0.416 e. The Morgan fingerprint density at radius 1 is 1.25 bits per heavy atom. The number of alkyl halides is 4. The lowest BCUT2D eigenvalue weighted by Crippen LogP contribution is -2.10. The van der Waals surface area contributed by atoms with Crippen LogP contribution in [0.5, 0.6) is 0 Å². The van der Waals surface area contributed by atoms with Crippen molar-refractivity contribution in [3.8, 4) is 0 Å². The second kappa shape index (κ2) is 5.99. The molecule has 20 heavy (non-hydrogen) atoms. The first-order chi connectivity index (χ1) is 9.20. The molecular weight excluding hydrogens is 440 g/mol. The average molecular weight is 449 g/mol. The summed E-state index contributed by atoms with van der Waals surface area (Å²) in [5.41, 5.74) is 0.385. The van der Waals surface area contributed by atoms with Gasteiger partial charge in [0.15, 0.2) is 0 Å². The van der Waals surface area contributed by atoms with Crippen molar-refractivity contribution >= 4 is 54.8 Å². The lowest BCUT2D eigenvalue weighted by molar-refractivity contribution is -0.138. The zero-order valence-corrected chi connectivity index (χ0v) is 14.8. The van der Waals surface area contributed by atoms with Gasteiger partial charge in [0.05, 0.1) is 14.7 Å². The molecule has 0 aliphatic rings. The molecule has 1 heterocycles. The summed E-state index contributed by atoms with van der Waals surface area (Å²) in [6.45, 7) is 1.83. The van der Waals surface area contributed by atoms with Crippen LogP contribution in [0.3, 0.4) is 0 Å². The van der Waals surface area contributed by atoms with Crippen molar-refractivity contribution in [1.29, 1.82) is 0 Å². The summed E-state index contributed by atoms with van der Waals surface area (Å²) in [6, 6.07) is 5.95. The van der Waals surface area contributed by atoms with E-state index in [2.05, 4.69) is 31.9 Å². The number of rotatable bonds is 2. The maximum absolute atomic E-state index is 13.1. The SMILES string of the molecule is Cc1cc(C(Br)c2ccc(Br)cc2C(F)(F)F)sc1Cl. The highest BCUT2D eigenvalue weighted by Gasteiger charge is 2.35. The molecule has 2 rings (SSSR count). The summed E-state index contributed by atoms with van der Waals surface area (Å²) < 4.78 is 40.4.